The van der Waals surface area contributed by atoms with Gasteiger partial charge in [-0.3, -0.25) is 4.90 Å². The summed E-state index contributed by atoms with van der Waals surface area (Å²) in [6, 6.07) is 0.783. The van der Waals surface area contributed by atoms with Crippen LogP contribution in [-0.4, -0.2) is 67.3 Å². The van der Waals surface area contributed by atoms with Gasteiger partial charge in [-0.05, 0) is 20.5 Å². The maximum atomic E-state index is 9.08. The van der Waals surface area contributed by atoms with Gasteiger partial charge in [0, 0.05) is 31.7 Å². The standard InChI is InChI=1S/C9H21N3O/c1-11(2)8-3-4-12(6-8)9(5-10)7-13/h8-9,13H,3-7,10H2,1-2H3. The van der Waals surface area contributed by atoms with Crippen molar-refractivity contribution < 1.29 is 5.11 Å². The van der Waals surface area contributed by atoms with Crippen molar-refractivity contribution in [3.63, 3.8) is 0 Å². The Morgan fingerprint density at radius 3 is 2.69 bits per heavy atom. The van der Waals surface area contributed by atoms with Gasteiger partial charge in [0.1, 0.15) is 0 Å². The SMILES string of the molecule is CN(C)C1CCN(C(CN)CO)C1. The Bertz CT molecular complexity index is 148. The molecule has 0 aromatic rings. The molecule has 0 aromatic heterocycles. The Morgan fingerprint density at radius 1 is 1.62 bits per heavy atom. The summed E-state index contributed by atoms with van der Waals surface area (Å²) in [5, 5.41) is 9.08. The molecule has 0 bridgehead atoms. The molecule has 4 nitrogen and oxygen atoms in total. The number of likely N-dealkylation sites (tertiary alicyclic amines) is 1. The smallest absolute Gasteiger partial charge is 0.0599 e. The third-order valence-corrected chi connectivity index (χ3v) is 2.92. The molecule has 4 heteroatoms. The lowest BCUT2D eigenvalue weighted by atomic mass is 10.2. The molecule has 2 unspecified atom stereocenters. The van der Waals surface area contributed by atoms with Crippen molar-refractivity contribution in [1.82, 2.24) is 9.80 Å². The minimum Gasteiger partial charge on any atom is -0.395 e. The summed E-state index contributed by atoms with van der Waals surface area (Å²) in [6.45, 7) is 2.83. The summed E-state index contributed by atoms with van der Waals surface area (Å²) >= 11 is 0. The lowest BCUT2D eigenvalue weighted by molar-refractivity contribution is 0.142. The van der Waals surface area contributed by atoms with Crippen LogP contribution in [0.2, 0.25) is 0 Å². The normalized spacial score (nSPS) is 27.0. The maximum Gasteiger partial charge on any atom is 0.0599 e. The van der Waals surface area contributed by atoms with Gasteiger partial charge >= 0.3 is 0 Å². The molecule has 1 rings (SSSR count). The number of aliphatic hydroxyl groups is 1. The topological polar surface area (TPSA) is 52.7 Å². The van der Waals surface area contributed by atoms with Crippen molar-refractivity contribution >= 4 is 0 Å². The number of hydrogen-bond acceptors (Lipinski definition) is 4. The quantitative estimate of drug-likeness (QED) is 0.589. The molecule has 1 aliphatic heterocycles. The largest absolute Gasteiger partial charge is 0.395 e. The zero-order chi connectivity index (χ0) is 9.84. The number of hydrogen-bond donors (Lipinski definition) is 2. The monoisotopic (exact) mass is 187 g/mol. The van der Waals surface area contributed by atoms with Crippen LogP contribution in [0.5, 0.6) is 0 Å². The van der Waals surface area contributed by atoms with Gasteiger partial charge in [-0.15, -0.1) is 0 Å². The van der Waals surface area contributed by atoms with Gasteiger partial charge in [0.15, 0.2) is 0 Å². The van der Waals surface area contributed by atoms with Crippen LogP contribution in [0, 0.1) is 0 Å². The van der Waals surface area contributed by atoms with Crippen molar-refractivity contribution in [2.75, 3.05) is 40.3 Å². The van der Waals surface area contributed by atoms with E-state index in [9.17, 15) is 0 Å². The number of nitrogens with zero attached hydrogens (tertiary/aromatic N) is 2. The van der Waals surface area contributed by atoms with E-state index in [1.807, 2.05) is 0 Å². The van der Waals surface area contributed by atoms with Crippen LogP contribution >= 0.6 is 0 Å². The first kappa shape index (κ1) is 10.9. The van der Waals surface area contributed by atoms with Crippen molar-refractivity contribution in [3.8, 4) is 0 Å². The van der Waals surface area contributed by atoms with E-state index in [1.54, 1.807) is 0 Å². The second kappa shape index (κ2) is 4.91. The van der Waals surface area contributed by atoms with Crippen LogP contribution in [-0.2, 0) is 0 Å². The van der Waals surface area contributed by atoms with Crippen LogP contribution in [0.4, 0.5) is 0 Å². The van der Waals surface area contributed by atoms with Crippen molar-refractivity contribution in [2.45, 2.75) is 18.5 Å². The van der Waals surface area contributed by atoms with Crippen LogP contribution in [0.3, 0.4) is 0 Å². The summed E-state index contributed by atoms with van der Waals surface area (Å²) in [5.41, 5.74) is 5.57. The van der Waals surface area contributed by atoms with E-state index in [2.05, 4.69) is 23.9 Å². The van der Waals surface area contributed by atoms with Crippen LogP contribution in [0.25, 0.3) is 0 Å². The molecular weight excluding hydrogens is 166 g/mol. The first-order chi connectivity index (χ1) is 6.19. The summed E-state index contributed by atoms with van der Waals surface area (Å²) in [5.74, 6) is 0. The molecule has 1 aliphatic rings. The van der Waals surface area contributed by atoms with E-state index in [0.29, 0.717) is 12.6 Å². The van der Waals surface area contributed by atoms with Gasteiger partial charge in [0.2, 0.25) is 0 Å². The zero-order valence-corrected chi connectivity index (χ0v) is 8.61. The van der Waals surface area contributed by atoms with Gasteiger partial charge in [0.25, 0.3) is 0 Å². The lowest BCUT2D eigenvalue weighted by Gasteiger charge is -2.26. The minimum atomic E-state index is 0.157. The van der Waals surface area contributed by atoms with Crippen molar-refractivity contribution in [3.05, 3.63) is 0 Å². The average molecular weight is 187 g/mol. The van der Waals surface area contributed by atoms with E-state index < -0.39 is 0 Å². The first-order valence-corrected chi connectivity index (χ1v) is 4.90. The van der Waals surface area contributed by atoms with E-state index >= 15 is 0 Å². The van der Waals surface area contributed by atoms with Gasteiger partial charge in [0.05, 0.1) is 6.61 Å². The number of aliphatic hydroxyl groups excluding tert-OH is 1. The molecule has 0 aromatic carbocycles. The maximum absolute atomic E-state index is 9.08. The molecule has 0 saturated carbocycles. The molecule has 78 valence electrons. The van der Waals surface area contributed by atoms with Gasteiger partial charge in [-0.25, -0.2) is 0 Å². The number of rotatable bonds is 4. The van der Waals surface area contributed by atoms with Gasteiger partial charge in [-0.1, -0.05) is 0 Å². The highest BCUT2D eigenvalue weighted by molar-refractivity contribution is 4.85. The van der Waals surface area contributed by atoms with E-state index in [1.165, 1.54) is 6.42 Å². The van der Waals surface area contributed by atoms with Crippen LogP contribution in [0.15, 0.2) is 0 Å². The fourth-order valence-corrected chi connectivity index (χ4v) is 1.86. The Kier molecular flexibility index (Phi) is 4.12. The summed E-state index contributed by atoms with van der Waals surface area (Å²) in [4.78, 5) is 4.52. The Balaban J connectivity index is 2.39. The first-order valence-electron chi connectivity index (χ1n) is 4.90. The number of nitrogens with two attached hydrogens (primary N) is 1. The molecule has 1 heterocycles. The molecule has 1 fully saturated rings. The molecule has 0 radical (unpaired) electrons. The summed E-state index contributed by atoms with van der Waals surface area (Å²) in [7, 11) is 4.20. The molecular formula is C9H21N3O. The average Bonchev–Trinajstić information content (AvgIpc) is 2.56. The third kappa shape index (κ3) is 2.64. The highest BCUT2D eigenvalue weighted by atomic mass is 16.3. The lowest BCUT2D eigenvalue weighted by Crippen LogP contribution is -2.43. The highest BCUT2D eigenvalue weighted by Crippen LogP contribution is 2.15. The Morgan fingerprint density at radius 2 is 2.31 bits per heavy atom. The fraction of sp³-hybridized carbons (Fsp3) is 1.00. The molecule has 0 aliphatic carbocycles. The fourth-order valence-electron chi connectivity index (χ4n) is 1.86. The second-order valence-corrected chi connectivity index (χ2v) is 3.97. The molecule has 1 saturated heterocycles. The molecule has 13 heavy (non-hydrogen) atoms. The highest BCUT2D eigenvalue weighted by Gasteiger charge is 2.27. The molecule has 0 spiro atoms. The summed E-state index contributed by atoms with van der Waals surface area (Å²) in [6.07, 6.45) is 1.18. The minimum absolute atomic E-state index is 0.157. The second-order valence-electron chi connectivity index (χ2n) is 3.97. The predicted octanol–water partition coefficient (Wildman–Crippen LogP) is -1.06. The molecule has 2 atom stereocenters. The molecule has 3 N–H and O–H groups in total. The van der Waals surface area contributed by atoms with Crippen molar-refractivity contribution in [1.29, 1.82) is 0 Å². The number of likely N-dealkylation sites (N-methyl/N-ethyl adjacent to an activating group) is 1. The van der Waals surface area contributed by atoms with Gasteiger partial charge in [-0.2, -0.15) is 0 Å². The van der Waals surface area contributed by atoms with Crippen molar-refractivity contribution in [2.24, 2.45) is 5.73 Å². The third-order valence-electron chi connectivity index (χ3n) is 2.92. The van der Waals surface area contributed by atoms with Crippen LogP contribution in [0.1, 0.15) is 6.42 Å². The predicted molar refractivity (Wildman–Crippen MR) is 53.6 cm³/mol. The van der Waals surface area contributed by atoms with E-state index in [-0.39, 0.29) is 12.6 Å². The van der Waals surface area contributed by atoms with E-state index in [0.717, 1.165) is 13.1 Å². The zero-order valence-electron chi connectivity index (χ0n) is 8.61. The molecule has 0 amide bonds. The Hall–Kier alpha value is -0.160. The van der Waals surface area contributed by atoms with Gasteiger partial charge < -0.3 is 15.7 Å². The Labute approximate surface area is 80.3 Å². The van der Waals surface area contributed by atoms with Crippen LogP contribution < -0.4 is 5.73 Å². The van der Waals surface area contributed by atoms with E-state index in [4.69, 9.17) is 10.8 Å². The summed E-state index contributed by atoms with van der Waals surface area (Å²) < 4.78 is 0.